The van der Waals surface area contributed by atoms with Crippen LogP contribution in [0.15, 0.2) is 27.1 Å². The molecule has 33 heavy (non-hydrogen) atoms. The first-order valence-electron chi connectivity index (χ1n) is 9.50. The predicted molar refractivity (Wildman–Crippen MR) is 133 cm³/mol. The second-order valence-corrected chi connectivity index (χ2v) is 7.48. The third-order valence-corrected chi connectivity index (χ3v) is 5.07. The number of halogens is 2. The minimum atomic E-state index is -0.711. The van der Waals surface area contributed by atoms with E-state index in [1.807, 2.05) is 5.83 Å². The van der Waals surface area contributed by atoms with E-state index >= 15 is 0 Å². The van der Waals surface area contributed by atoms with E-state index in [-0.39, 0.29) is 50.3 Å². The van der Waals surface area contributed by atoms with Gasteiger partial charge in [-0.15, -0.1) is 0 Å². The number of benzene rings is 2. The summed E-state index contributed by atoms with van der Waals surface area (Å²) in [5.74, 6) is -0.204. The van der Waals surface area contributed by atoms with Crippen LogP contribution in [0, 0.1) is 0 Å². The molecule has 3 rings (SSSR count). The zero-order valence-electron chi connectivity index (χ0n) is 18.2. The first kappa shape index (κ1) is 26.7. The average molecular weight is 576 g/mol. The molecular formula is C22H18B2Br2O7. The van der Waals surface area contributed by atoms with Crippen molar-refractivity contribution in [1.82, 2.24) is 0 Å². The second kappa shape index (κ2) is 11.1. The summed E-state index contributed by atoms with van der Waals surface area (Å²) in [5, 5.41) is 10.6. The molecule has 3 aromatic rings. The van der Waals surface area contributed by atoms with Crippen molar-refractivity contribution in [3.05, 3.63) is 39.6 Å². The van der Waals surface area contributed by atoms with Crippen LogP contribution in [0.3, 0.4) is 0 Å². The summed E-state index contributed by atoms with van der Waals surface area (Å²) in [6, 6.07) is 4.45. The van der Waals surface area contributed by atoms with Gasteiger partial charge in [0.25, 0.3) is 0 Å². The number of hydrogen-bond acceptors (Lipinski definition) is 7. The Kier molecular flexibility index (Phi) is 8.97. The lowest BCUT2D eigenvalue weighted by atomic mass is 9.81. The van der Waals surface area contributed by atoms with E-state index in [1.54, 1.807) is 6.92 Å². The average Bonchev–Trinajstić information content (AvgIpc) is 3.17. The molecule has 0 unspecified atom stereocenters. The minimum absolute atomic E-state index is 0.0300. The Morgan fingerprint density at radius 2 is 1.67 bits per heavy atom. The number of aromatic hydroxyl groups is 1. The van der Waals surface area contributed by atoms with Gasteiger partial charge in [0.1, 0.15) is 32.8 Å². The van der Waals surface area contributed by atoms with Crippen LogP contribution >= 0.6 is 31.9 Å². The molecule has 0 aliphatic rings. The smallest absolute Gasteiger partial charge is 0.308 e. The monoisotopic (exact) mass is 574 g/mol. The predicted octanol–water partition coefficient (Wildman–Crippen LogP) is 3.14. The van der Waals surface area contributed by atoms with E-state index in [0.29, 0.717) is 10.9 Å². The fraction of sp³-hybridized carbons (Fsp3) is 0.227. The quantitative estimate of drug-likeness (QED) is 0.164. The molecule has 0 saturated heterocycles. The number of alkyl halides is 1. The van der Waals surface area contributed by atoms with E-state index in [4.69, 9.17) is 29.6 Å². The summed E-state index contributed by atoms with van der Waals surface area (Å²) < 4.78 is 16.2. The van der Waals surface area contributed by atoms with Gasteiger partial charge in [-0.05, 0) is 50.9 Å². The number of esters is 2. The number of aryl methyl sites for hydroxylation is 1. The molecule has 0 aliphatic heterocycles. The lowest BCUT2D eigenvalue weighted by molar-refractivity contribution is -0.132. The number of ketones is 1. The van der Waals surface area contributed by atoms with E-state index < -0.39 is 23.5 Å². The molecule has 0 amide bonds. The number of phenolic OH excluding ortho intramolecular Hbond substituents is 1. The highest BCUT2D eigenvalue weighted by atomic mass is 79.9. The van der Waals surface area contributed by atoms with Crippen molar-refractivity contribution in [2.45, 2.75) is 27.2 Å². The maximum Gasteiger partial charge on any atom is 0.308 e. The van der Waals surface area contributed by atoms with Crippen LogP contribution < -0.4 is 20.4 Å². The van der Waals surface area contributed by atoms with E-state index in [9.17, 15) is 19.5 Å². The third-order valence-electron chi connectivity index (χ3n) is 4.45. The van der Waals surface area contributed by atoms with Crippen LogP contribution in [0.25, 0.3) is 11.0 Å². The number of fused-ring (bicyclic) bond motifs is 1. The van der Waals surface area contributed by atoms with Crippen LogP contribution in [-0.2, 0) is 16.0 Å². The molecule has 0 spiro atoms. The van der Waals surface area contributed by atoms with Crippen molar-refractivity contribution < 1.29 is 33.4 Å². The molecule has 0 bridgehead atoms. The van der Waals surface area contributed by atoms with Crippen molar-refractivity contribution in [3.8, 4) is 17.2 Å². The Hall–Kier alpha value is -2.52. The highest BCUT2D eigenvalue weighted by Crippen LogP contribution is 2.34. The molecule has 1 N–H and O–H groups in total. The Labute approximate surface area is 209 Å². The van der Waals surface area contributed by atoms with Crippen molar-refractivity contribution in [3.63, 3.8) is 0 Å². The van der Waals surface area contributed by atoms with Crippen LogP contribution in [0.1, 0.15) is 42.5 Å². The normalized spacial score (nSPS) is 10.4. The summed E-state index contributed by atoms with van der Waals surface area (Å²) >= 11 is 6.21. The molecule has 1 heterocycles. The third kappa shape index (κ3) is 5.35. The van der Waals surface area contributed by atoms with Gasteiger partial charge < -0.3 is 19.0 Å². The first-order valence-corrected chi connectivity index (χ1v) is 11.9. The standard InChI is InChI=1S/C21H15B2BrO7.CH3Br/c1-4-12-14(18(27)10-5-6-13(11(24)7-10)29-8(2)25)15-16(22)19(28)21(30-9(3)26)17(23)20(15)31-12;1-2/h5-7,28H,4H2,1-3H3;1H3. The molecule has 0 saturated carbocycles. The topological polar surface area (TPSA) is 103 Å². The summed E-state index contributed by atoms with van der Waals surface area (Å²) in [4.78, 5) is 35.9. The number of ether oxygens (including phenoxy) is 2. The number of phenols is 1. The summed E-state index contributed by atoms with van der Waals surface area (Å²) in [5.41, 5.74) is 0.0439. The Bertz CT molecular complexity index is 1250. The second-order valence-electron chi connectivity index (χ2n) is 6.62. The molecule has 11 heteroatoms. The van der Waals surface area contributed by atoms with Gasteiger partial charge in [-0.2, -0.15) is 0 Å². The van der Waals surface area contributed by atoms with Crippen LogP contribution in [-0.4, -0.2) is 44.4 Å². The zero-order valence-corrected chi connectivity index (χ0v) is 21.4. The molecule has 0 aliphatic carbocycles. The first-order chi connectivity index (χ1) is 15.6. The van der Waals surface area contributed by atoms with Gasteiger partial charge >= 0.3 is 11.9 Å². The molecule has 168 valence electrons. The maximum absolute atomic E-state index is 13.4. The summed E-state index contributed by atoms with van der Waals surface area (Å²) in [6.45, 7) is 4.18. The van der Waals surface area contributed by atoms with Crippen molar-refractivity contribution >= 4 is 87.2 Å². The number of carbonyl (C=O) groups excluding carboxylic acids is 3. The maximum atomic E-state index is 13.4. The SMILES string of the molecule is CBr.[B]c1c(OC(C)=O)c(O)c([B])c2c(C(=O)c3ccc(OC(C)=O)c(Br)c3)c(CC)oc12. The molecule has 2 aromatic carbocycles. The lowest BCUT2D eigenvalue weighted by Crippen LogP contribution is -2.20. The molecule has 1 aromatic heterocycles. The minimum Gasteiger partial charge on any atom is -0.505 e. The highest BCUT2D eigenvalue weighted by molar-refractivity contribution is 9.10. The van der Waals surface area contributed by atoms with E-state index in [2.05, 4.69) is 31.9 Å². The summed E-state index contributed by atoms with van der Waals surface area (Å²) in [7, 11) is 12.1. The van der Waals surface area contributed by atoms with Crippen molar-refractivity contribution in [2.75, 3.05) is 5.83 Å². The van der Waals surface area contributed by atoms with E-state index in [1.165, 1.54) is 25.1 Å². The molecule has 7 nitrogen and oxygen atoms in total. The fourth-order valence-corrected chi connectivity index (χ4v) is 3.62. The van der Waals surface area contributed by atoms with Crippen molar-refractivity contribution in [1.29, 1.82) is 0 Å². The van der Waals surface area contributed by atoms with E-state index in [0.717, 1.165) is 6.92 Å². The Balaban J connectivity index is 0.00000187. The fourth-order valence-electron chi connectivity index (χ4n) is 3.16. The highest BCUT2D eigenvalue weighted by Gasteiger charge is 2.28. The Morgan fingerprint density at radius 1 is 1.06 bits per heavy atom. The van der Waals surface area contributed by atoms with Gasteiger partial charge in [-0.25, -0.2) is 0 Å². The van der Waals surface area contributed by atoms with Gasteiger partial charge in [0.2, 0.25) is 0 Å². The number of hydrogen-bond donors (Lipinski definition) is 1. The van der Waals surface area contributed by atoms with Crippen LogP contribution in [0.5, 0.6) is 17.2 Å². The summed E-state index contributed by atoms with van der Waals surface area (Å²) in [6.07, 6.45) is 0.324. The molecule has 4 radical (unpaired) electrons. The Morgan fingerprint density at radius 3 is 2.18 bits per heavy atom. The zero-order chi connectivity index (χ0) is 25.0. The molecule has 0 atom stereocenters. The number of rotatable bonds is 5. The van der Waals surface area contributed by atoms with Crippen LogP contribution in [0.2, 0.25) is 0 Å². The van der Waals surface area contributed by atoms with Gasteiger partial charge in [0.05, 0.1) is 10.0 Å². The number of furan rings is 1. The molecular weight excluding hydrogens is 558 g/mol. The van der Waals surface area contributed by atoms with Crippen molar-refractivity contribution in [2.24, 2.45) is 0 Å². The lowest BCUT2D eigenvalue weighted by Gasteiger charge is -2.13. The van der Waals surface area contributed by atoms with Crippen LogP contribution in [0.4, 0.5) is 0 Å². The molecule has 0 fully saturated rings. The van der Waals surface area contributed by atoms with Gasteiger partial charge in [-0.1, -0.05) is 22.9 Å². The van der Waals surface area contributed by atoms with Gasteiger partial charge in [0.15, 0.2) is 17.3 Å². The number of carbonyl (C=O) groups is 3. The van der Waals surface area contributed by atoms with Gasteiger partial charge in [0, 0.05) is 31.2 Å². The van der Waals surface area contributed by atoms with Gasteiger partial charge in [-0.3, -0.25) is 14.4 Å². The largest absolute Gasteiger partial charge is 0.505 e.